The minimum atomic E-state index is -0.956. The quantitative estimate of drug-likeness (QED) is 0.758. The van der Waals surface area contributed by atoms with Gasteiger partial charge in [0.25, 0.3) is 0 Å². The lowest BCUT2D eigenvalue weighted by atomic mass is 10.2. The number of anilines is 1. The van der Waals surface area contributed by atoms with Gasteiger partial charge in [0.05, 0.1) is 16.6 Å². The molecule has 0 radical (unpaired) electrons. The maximum Gasteiger partial charge on any atom is 0.230 e. The highest BCUT2D eigenvalue weighted by molar-refractivity contribution is 6.52. The summed E-state index contributed by atoms with van der Waals surface area (Å²) >= 11 is 17.9. The predicted molar refractivity (Wildman–Crippen MR) is 89.1 cm³/mol. The number of hydrogen-bond donors (Lipinski definition) is 1. The van der Waals surface area contributed by atoms with Crippen molar-refractivity contribution in [2.45, 2.75) is 10.8 Å². The Morgan fingerprint density at radius 3 is 2.32 bits per heavy atom. The van der Waals surface area contributed by atoms with Crippen molar-refractivity contribution in [1.82, 2.24) is 0 Å². The number of nitrogens with one attached hydrogen (secondary N) is 1. The van der Waals surface area contributed by atoms with Crippen molar-refractivity contribution in [3.63, 3.8) is 0 Å². The SMILES string of the molecule is O=C(Nc1ccccc1Oc1ccccc1Cl)C1CC1(Cl)Cl. The third-order valence-electron chi connectivity index (χ3n) is 3.34. The number of para-hydroxylation sites is 3. The van der Waals surface area contributed by atoms with Crippen LogP contribution in [-0.4, -0.2) is 10.2 Å². The van der Waals surface area contributed by atoms with Crippen molar-refractivity contribution in [1.29, 1.82) is 0 Å². The average molecular weight is 357 g/mol. The summed E-state index contributed by atoms with van der Waals surface area (Å²) in [6.07, 6.45) is 0.454. The summed E-state index contributed by atoms with van der Waals surface area (Å²) < 4.78 is 4.82. The molecule has 1 fully saturated rings. The molecule has 0 bridgehead atoms. The van der Waals surface area contributed by atoms with E-state index < -0.39 is 10.3 Å². The second-order valence-electron chi connectivity index (χ2n) is 5.04. The van der Waals surface area contributed by atoms with E-state index in [1.165, 1.54) is 0 Å². The Morgan fingerprint density at radius 1 is 1.09 bits per heavy atom. The molecule has 22 heavy (non-hydrogen) atoms. The number of carbonyl (C=O) groups is 1. The summed E-state index contributed by atoms with van der Waals surface area (Å²) in [6, 6.07) is 14.2. The number of carbonyl (C=O) groups excluding carboxylic acids is 1. The largest absolute Gasteiger partial charge is 0.454 e. The third-order valence-corrected chi connectivity index (χ3v) is 4.49. The number of rotatable bonds is 4. The molecule has 1 N–H and O–H groups in total. The molecule has 1 atom stereocenters. The van der Waals surface area contributed by atoms with Gasteiger partial charge in [-0.05, 0) is 30.7 Å². The zero-order valence-electron chi connectivity index (χ0n) is 11.4. The molecule has 2 aromatic rings. The van der Waals surface area contributed by atoms with Crippen LogP contribution in [0.5, 0.6) is 11.5 Å². The lowest BCUT2D eigenvalue weighted by Gasteiger charge is -2.13. The molecule has 0 saturated heterocycles. The molecule has 0 heterocycles. The number of hydrogen-bond acceptors (Lipinski definition) is 2. The Labute approximate surface area is 143 Å². The fourth-order valence-corrected chi connectivity index (χ4v) is 2.70. The molecule has 1 unspecified atom stereocenters. The fourth-order valence-electron chi connectivity index (χ4n) is 2.02. The van der Waals surface area contributed by atoms with Gasteiger partial charge in [-0.2, -0.15) is 0 Å². The number of alkyl halides is 2. The summed E-state index contributed by atoms with van der Waals surface area (Å²) in [5.74, 6) is 0.394. The van der Waals surface area contributed by atoms with E-state index in [1.54, 1.807) is 30.3 Å². The molecule has 114 valence electrons. The molecular weight excluding hydrogens is 345 g/mol. The molecule has 6 heteroatoms. The molecule has 3 nitrogen and oxygen atoms in total. The lowest BCUT2D eigenvalue weighted by Crippen LogP contribution is -2.17. The predicted octanol–water partition coefficient (Wildman–Crippen LogP) is 5.26. The van der Waals surface area contributed by atoms with Gasteiger partial charge in [0.1, 0.15) is 10.1 Å². The van der Waals surface area contributed by atoms with Gasteiger partial charge in [0, 0.05) is 0 Å². The van der Waals surface area contributed by atoms with Gasteiger partial charge >= 0.3 is 0 Å². The Morgan fingerprint density at radius 2 is 1.68 bits per heavy atom. The first-order valence-corrected chi connectivity index (χ1v) is 7.81. The van der Waals surface area contributed by atoms with Crippen LogP contribution in [-0.2, 0) is 4.79 Å². The molecule has 1 aliphatic carbocycles. The smallest absolute Gasteiger partial charge is 0.230 e. The average Bonchev–Trinajstić information content (AvgIpc) is 3.12. The van der Waals surface area contributed by atoms with Crippen LogP contribution in [0.1, 0.15) is 6.42 Å². The second-order valence-corrected chi connectivity index (χ2v) is 6.99. The molecule has 1 amide bonds. The van der Waals surface area contributed by atoms with Gasteiger partial charge < -0.3 is 10.1 Å². The van der Waals surface area contributed by atoms with E-state index in [2.05, 4.69) is 5.32 Å². The van der Waals surface area contributed by atoms with Crippen LogP contribution in [0.25, 0.3) is 0 Å². The van der Waals surface area contributed by atoms with Gasteiger partial charge in [-0.3, -0.25) is 4.79 Å². The summed E-state index contributed by atoms with van der Waals surface area (Å²) in [7, 11) is 0. The van der Waals surface area contributed by atoms with Crippen LogP contribution < -0.4 is 10.1 Å². The van der Waals surface area contributed by atoms with E-state index in [0.29, 0.717) is 28.6 Å². The van der Waals surface area contributed by atoms with Crippen LogP contribution in [0.3, 0.4) is 0 Å². The minimum absolute atomic E-state index is 0.222. The lowest BCUT2D eigenvalue weighted by molar-refractivity contribution is -0.117. The third kappa shape index (κ3) is 3.32. The number of benzene rings is 2. The normalized spacial score (nSPS) is 18.6. The molecule has 2 aromatic carbocycles. The number of halogens is 3. The topological polar surface area (TPSA) is 38.3 Å². The Kier molecular flexibility index (Phi) is 4.22. The summed E-state index contributed by atoms with van der Waals surface area (Å²) in [4.78, 5) is 12.1. The van der Waals surface area contributed by atoms with Crippen molar-refractivity contribution in [3.8, 4) is 11.5 Å². The van der Waals surface area contributed by atoms with Crippen molar-refractivity contribution < 1.29 is 9.53 Å². The standard InChI is InChI=1S/C16H12Cl3NO2/c17-11-5-1-3-7-13(11)22-14-8-4-2-6-12(14)20-15(21)10-9-16(10,18)19/h1-8,10H,9H2,(H,20,21). The van der Waals surface area contributed by atoms with Crippen molar-refractivity contribution in [3.05, 3.63) is 53.6 Å². The molecule has 1 aliphatic rings. The van der Waals surface area contributed by atoms with E-state index in [-0.39, 0.29) is 5.91 Å². The van der Waals surface area contributed by atoms with Crippen LogP contribution in [0.4, 0.5) is 5.69 Å². The van der Waals surface area contributed by atoms with Crippen molar-refractivity contribution >= 4 is 46.4 Å². The minimum Gasteiger partial charge on any atom is -0.454 e. The molecule has 0 aliphatic heterocycles. The number of amides is 1. The maximum atomic E-state index is 12.1. The molecule has 3 rings (SSSR count). The van der Waals surface area contributed by atoms with E-state index in [4.69, 9.17) is 39.5 Å². The molecule has 0 aromatic heterocycles. The fraction of sp³-hybridized carbons (Fsp3) is 0.188. The van der Waals surface area contributed by atoms with Crippen LogP contribution >= 0.6 is 34.8 Å². The molecule has 1 saturated carbocycles. The van der Waals surface area contributed by atoms with Crippen LogP contribution in [0.2, 0.25) is 5.02 Å². The summed E-state index contributed by atoms with van der Waals surface area (Å²) in [5.41, 5.74) is 0.545. The first-order chi connectivity index (χ1) is 10.5. The zero-order chi connectivity index (χ0) is 15.7. The van der Waals surface area contributed by atoms with E-state index in [9.17, 15) is 4.79 Å². The highest BCUT2D eigenvalue weighted by Crippen LogP contribution is 2.53. The van der Waals surface area contributed by atoms with E-state index in [0.717, 1.165) is 0 Å². The zero-order valence-corrected chi connectivity index (χ0v) is 13.6. The van der Waals surface area contributed by atoms with E-state index >= 15 is 0 Å². The monoisotopic (exact) mass is 355 g/mol. The highest BCUT2D eigenvalue weighted by atomic mass is 35.5. The van der Waals surface area contributed by atoms with Gasteiger partial charge in [-0.1, -0.05) is 35.9 Å². The molecule has 0 spiro atoms. The maximum absolute atomic E-state index is 12.1. The van der Waals surface area contributed by atoms with Gasteiger partial charge in [-0.15, -0.1) is 23.2 Å². The Hall–Kier alpha value is -1.42. The summed E-state index contributed by atoms with van der Waals surface area (Å²) in [6.45, 7) is 0. The van der Waals surface area contributed by atoms with Crippen LogP contribution in [0, 0.1) is 5.92 Å². The van der Waals surface area contributed by atoms with E-state index in [1.807, 2.05) is 18.2 Å². The van der Waals surface area contributed by atoms with Gasteiger partial charge in [0.2, 0.25) is 5.91 Å². The Bertz CT molecular complexity index is 718. The summed E-state index contributed by atoms with van der Waals surface area (Å²) in [5, 5.41) is 3.28. The number of ether oxygens (including phenoxy) is 1. The molecular formula is C16H12Cl3NO2. The van der Waals surface area contributed by atoms with Gasteiger partial charge in [0.15, 0.2) is 5.75 Å². The first kappa shape index (κ1) is 15.5. The Balaban J connectivity index is 1.79. The first-order valence-electron chi connectivity index (χ1n) is 6.67. The van der Waals surface area contributed by atoms with Crippen molar-refractivity contribution in [2.24, 2.45) is 5.92 Å². The van der Waals surface area contributed by atoms with Gasteiger partial charge in [-0.25, -0.2) is 0 Å². The van der Waals surface area contributed by atoms with Crippen molar-refractivity contribution in [2.75, 3.05) is 5.32 Å². The second kappa shape index (κ2) is 5.99. The van der Waals surface area contributed by atoms with Crippen LogP contribution in [0.15, 0.2) is 48.5 Å². The highest BCUT2D eigenvalue weighted by Gasteiger charge is 2.56.